The number of primary amides is 1. The van der Waals surface area contributed by atoms with E-state index in [0.29, 0.717) is 5.82 Å². The number of carbonyl (C=O) groups excluding carboxylic acids is 1. The molecule has 0 saturated heterocycles. The second-order valence-electron chi connectivity index (χ2n) is 6.73. The van der Waals surface area contributed by atoms with Gasteiger partial charge in [-0.15, -0.1) is 0 Å². The fourth-order valence-corrected chi connectivity index (χ4v) is 2.63. The number of nitrogens with zero attached hydrogens (tertiary/aromatic N) is 2. The first-order chi connectivity index (χ1) is 8.84. The number of nitrogens with two attached hydrogens (primary N) is 1. The lowest BCUT2D eigenvalue weighted by atomic mass is 9.76. The molecule has 106 valence electrons. The molecular weight excluding hydrogens is 240 g/mol. The topological polar surface area (TPSA) is 72.9 Å². The third-order valence-electron chi connectivity index (χ3n) is 3.77. The molecule has 1 saturated carbocycles. The summed E-state index contributed by atoms with van der Waals surface area (Å²) in [5, 5.41) is 3.52. The monoisotopic (exact) mass is 264 g/mol. The third-order valence-corrected chi connectivity index (χ3v) is 3.77. The highest BCUT2D eigenvalue weighted by Gasteiger charge is 2.40. The number of hydrogen-bond acceptors (Lipinski definition) is 3. The Morgan fingerprint density at radius 1 is 1.53 bits per heavy atom. The summed E-state index contributed by atoms with van der Waals surface area (Å²) in [6.45, 7) is 8.44. The molecule has 1 aromatic heterocycles. The Bertz CT molecular complexity index is 454. The minimum Gasteiger partial charge on any atom is -0.363 e. The SMILES string of the molecule is CC(C)(C)CNCC1(n2ccnc2C(N)=O)CCC1. The van der Waals surface area contributed by atoms with Crippen LogP contribution in [0.2, 0.25) is 0 Å². The predicted octanol–water partition coefficient (Wildman–Crippen LogP) is 1.50. The van der Waals surface area contributed by atoms with Gasteiger partial charge in [-0.05, 0) is 24.7 Å². The van der Waals surface area contributed by atoms with Crippen molar-refractivity contribution in [3.63, 3.8) is 0 Å². The minimum absolute atomic E-state index is 0.0217. The van der Waals surface area contributed by atoms with Crippen LogP contribution in [-0.2, 0) is 5.54 Å². The number of imidazole rings is 1. The summed E-state index contributed by atoms with van der Waals surface area (Å²) in [6.07, 6.45) is 6.86. The van der Waals surface area contributed by atoms with Gasteiger partial charge >= 0.3 is 0 Å². The van der Waals surface area contributed by atoms with E-state index >= 15 is 0 Å². The Hall–Kier alpha value is -1.36. The molecule has 1 fully saturated rings. The standard InChI is InChI=1S/C14H24N4O/c1-13(2,3)9-16-10-14(5-4-6-14)18-8-7-17-12(18)11(15)19/h7-8,16H,4-6,9-10H2,1-3H3,(H2,15,19). The highest BCUT2D eigenvalue weighted by Crippen LogP contribution is 2.39. The zero-order chi connectivity index (χ0) is 14.1. The maximum Gasteiger partial charge on any atom is 0.284 e. The maximum absolute atomic E-state index is 11.4. The van der Waals surface area contributed by atoms with Crippen LogP contribution in [0.15, 0.2) is 12.4 Å². The molecule has 1 aliphatic carbocycles. The number of carbonyl (C=O) groups is 1. The zero-order valence-corrected chi connectivity index (χ0v) is 12.1. The Labute approximate surface area is 114 Å². The van der Waals surface area contributed by atoms with Gasteiger partial charge < -0.3 is 15.6 Å². The second-order valence-corrected chi connectivity index (χ2v) is 6.73. The Morgan fingerprint density at radius 3 is 2.68 bits per heavy atom. The quantitative estimate of drug-likeness (QED) is 0.846. The molecule has 0 spiro atoms. The molecule has 1 aromatic rings. The van der Waals surface area contributed by atoms with Gasteiger partial charge in [0, 0.05) is 25.5 Å². The lowest BCUT2D eigenvalue weighted by Crippen LogP contribution is -2.50. The number of rotatable bonds is 5. The predicted molar refractivity (Wildman–Crippen MR) is 74.9 cm³/mol. The average molecular weight is 264 g/mol. The first kappa shape index (κ1) is 14.1. The molecule has 0 radical (unpaired) electrons. The molecule has 5 nitrogen and oxygen atoms in total. The Morgan fingerprint density at radius 2 is 2.21 bits per heavy atom. The van der Waals surface area contributed by atoms with Crippen molar-refractivity contribution in [2.75, 3.05) is 13.1 Å². The van der Waals surface area contributed by atoms with Crippen molar-refractivity contribution in [2.45, 2.75) is 45.6 Å². The lowest BCUT2D eigenvalue weighted by molar-refractivity contribution is 0.0933. The molecule has 19 heavy (non-hydrogen) atoms. The van der Waals surface area contributed by atoms with Gasteiger partial charge in [0.1, 0.15) is 0 Å². The van der Waals surface area contributed by atoms with Crippen LogP contribution in [0.5, 0.6) is 0 Å². The number of nitrogens with one attached hydrogen (secondary N) is 1. The highest BCUT2D eigenvalue weighted by molar-refractivity contribution is 5.89. The van der Waals surface area contributed by atoms with E-state index in [1.54, 1.807) is 6.20 Å². The van der Waals surface area contributed by atoms with Gasteiger partial charge in [0.2, 0.25) is 0 Å². The van der Waals surface area contributed by atoms with E-state index in [1.807, 2.05) is 10.8 Å². The fraction of sp³-hybridized carbons (Fsp3) is 0.714. The van der Waals surface area contributed by atoms with E-state index in [-0.39, 0.29) is 11.0 Å². The smallest absolute Gasteiger partial charge is 0.284 e. The molecule has 3 N–H and O–H groups in total. The molecule has 1 aliphatic rings. The summed E-state index contributed by atoms with van der Waals surface area (Å²) < 4.78 is 1.97. The molecule has 0 atom stereocenters. The van der Waals surface area contributed by atoms with Crippen LogP contribution in [0.3, 0.4) is 0 Å². The Kier molecular flexibility index (Phi) is 3.67. The molecule has 0 aliphatic heterocycles. The summed E-state index contributed by atoms with van der Waals surface area (Å²) in [5.41, 5.74) is 5.62. The molecule has 1 heterocycles. The van der Waals surface area contributed by atoms with E-state index in [9.17, 15) is 4.79 Å². The zero-order valence-electron chi connectivity index (χ0n) is 12.1. The van der Waals surface area contributed by atoms with Crippen LogP contribution < -0.4 is 11.1 Å². The van der Waals surface area contributed by atoms with Gasteiger partial charge in [-0.25, -0.2) is 4.98 Å². The van der Waals surface area contributed by atoms with Gasteiger partial charge in [0.25, 0.3) is 5.91 Å². The molecule has 0 unspecified atom stereocenters. The normalized spacial score (nSPS) is 18.1. The van der Waals surface area contributed by atoms with E-state index in [2.05, 4.69) is 31.1 Å². The first-order valence-electron chi connectivity index (χ1n) is 6.88. The van der Waals surface area contributed by atoms with Gasteiger partial charge in [0.05, 0.1) is 5.54 Å². The number of amides is 1. The van der Waals surface area contributed by atoms with Crippen LogP contribution in [0, 0.1) is 5.41 Å². The summed E-state index contributed by atoms with van der Waals surface area (Å²) >= 11 is 0. The van der Waals surface area contributed by atoms with E-state index in [1.165, 1.54) is 6.42 Å². The largest absolute Gasteiger partial charge is 0.363 e. The van der Waals surface area contributed by atoms with E-state index in [0.717, 1.165) is 25.9 Å². The molecule has 1 amide bonds. The van der Waals surface area contributed by atoms with Crippen molar-refractivity contribution in [3.05, 3.63) is 18.2 Å². The summed E-state index contributed by atoms with van der Waals surface area (Å²) in [4.78, 5) is 15.5. The van der Waals surface area contributed by atoms with E-state index < -0.39 is 5.91 Å². The average Bonchev–Trinajstić information content (AvgIpc) is 2.69. The highest BCUT2D eigenvalue weighted by atomic mass is 16.1. The number of aromatic nitrogens is 2. The van der Waals surface area contributed by atoms with Crippen LogP contribution in [-0.4, -0.2) is 28.5 Å². The van der Waals surface area contributed by atoms with Crippen molar-refractivity contribution >= 4 is 5.91 Å². The Balaban J connectivity index is 2.10. The maximum atomic E-state index is 11.4. The van der Waals surface area contributed by atoms with Gasteiger partial charge in [0.15, 0.2) is 5.82 Å². The van der Waals surface area contributed by atoms with Crippen LogP contribution >= 0.6 is 0 Å². The van der Waals surface area contributed by atoms with Gasteiger partial charge in [-0.3, -0.25) is 4.79 Å². The molecular formula is C14H24N4O. The molecule has 0 bridgehead atoms. The van der Waals surface area contributed by atoms with Crippen LogP contribution in [0.25, 0.3) is 0 Å². The van der Waals surface area contributed by atoms with Crippen LogP contribution in [0.1, 0.15) is 50.7 Å². The fourth-order valence-electron chi connectivity index (χ4n) is 2.63. The summed E-state index contributed by atoms with van der Waals surface area (Å²) in [6, 6.07) is 0. The van der Waals surface area contributed by atoms with Crippen molar-refractivity contribution in [1.82, 2.24) is 14.9 Å². The van der Waals surface area contributed by atoms with Crippen LogP contribution in [0.4, 0.5) is 0 Å². The summed E-state index contributed by atoms with van der Waals surface area (Å²) in [5.74, 6) is -0.0793. The van der Waals surface area contributed by atoms with Crippen molar-refractivity contribution in [1.29, 1.82) is 0 Å². The second kappa shape index (κ2) is 4.96. The third kappa shape index (κ3) is 2.97. The van der Waals surface area contributed by atoms with E-state index in [4.69, 9.17) is 5.73 Å². The minimum atomic E-state index is -0.452. The van der Waals surface area contributed by atoms with Crippen molar-refractivity contribution in [3.8, 4) is 0 Å². The van der Waals surface area contributed by atoms with Crippen molar-refractivity contribution < 1.29 is 4.79 Å². The van der Waals surface area contributed by atoms with Gasteiger partial charge in [-0.1, -0.05) is 20.8 Å². The van der Waals surface area contributed by atoms with Crippen molar-refractivity contribution in [2.24, 2.45) is 11.1 Å². The molecule has 5 heteroatoms. The lowest BCUT2D eigenvalue weighted by Gasteiger charge is -2.44. The first-order valence-corrected chi connectivity index (χ1v) is 6.88. The molecule has 2 rings (SSSR count). The molecule has 0 aromatic carbocycles. The van der Waals surface area contributed by atoms with Gasteiger partial charge in [-0.2, -0.15) is 0 Å². The number of hydrogen-bond donors (Lipinski definition) is 2. The summed E-state index contributed by atoms with van der Waals surface area (Å²) in [7, 11) is 0.